The Bertz CT molecular complexity index is 920. The molecule has 1 saturated heterocycles. The predicted molar refractivity (Wildman–Crippen MR) is 96.7 cm³/mol. The fraction of sp³-hybridized carbons (Fsp3) is 0.0588. The molecule has 1 fully saturated rings. The van der Waals surface area contributed by atoms with Crippen molar-refractivity contribution in [2.45, 2.75) is 6.92 Å². The fourth-order valence-corrected chi connectivity index (χ4v) is 2.99. The fourth-order valence-electron chi connectivity index (χ4n) is 2.14. The Morgan fingerprint density at radius 2 is 1.96 bits per heavy atom. The largest absolute Gasteiger partial charge is 0.502 e. The summed E-state index contributed by atoms with van der Waals surface area (Å²) < 4.78 is 0. The number of nitro groups is 1. The lowest BCUT2D eigenvalue weighted by Gasteiger charge is -1.98. The van der Waals surface area contributed by atoms with Gasteiger partial charge in [-0.1, -0.05) is 23.8 Å². The maximum absolute atomic E-state index is 12.1. The number of benzene rings is 2. The molecule has 0 aliphatic carbocycles. The molecule has 2 aromatic rings. The van der Waals surface area contributed by atoms with Gasteiger partial charge in [0.05, 0.1) is 15.5 Å². The number of rotatable bonds is 3. The third-order valence-corrected chi connectivity index (χ3v) is 4.32. The van der Waals surface area contributed by atoms with Gasteiger partial charge in [-0.3, -0.25) is 14.9 Å². The van der Waals surface area contributed by atoms with Gasteiger partial charge in [-0.2, -0.15) is 0 Å². The molecule has 7 nitrogen and oxygen atoms in total. The smallest absolute Gasteiger partial charge is 0.311 e. The standard InChI is InChI=1S/C17H13N3O4S/c1-10-2-5-12(6-3-10)18-17-19-16(22)15(25-17)9-11-4-7-14(21)13(8-11)20(23)24/h2-9,21H,1H3,(H,18,19,22)/b15-9-. The zero-order valence-corrected chi connectivity index (χ0v) is 13.9. The third kappa shape index (κ3) is 3.86. The molecule has 3 rings (SSSR count). The van der Waals surface area contributed by atoms with Crippen LogP contribution in [0, 0.1) is 17.0 Å². The topological polar surface area (TPSA) is 105 Å². The van der Waals surface area contributed by atoms with Crippen molar-refractivity contribution in [1.82, 2.24) is 5.32 Å². The second-order valence-electron chi connectivity index (χ2n) is 5.32. The number of nitrogens with zero attached hydrogens (tertiary/aromatic N) is 2. The van der Waals surface area contributed by atoms with Crippen LogP contribution in [0.15, 0.2) is 52.4 Å². The summed E-state index contributed by atoms with van der Waals surface area (Å²) in [6, 6.07) is 11.5. The van der Waals surface area contributed by atoms with Crippen molar-refractivity contribution < 1.29 is 14.8 Å². The summed E-state index contributed by atoms with van der Waals surface area (Å²) in [5, 5.41) is 23.5. The van der Waals surface area contributed by atoms with Crippen molar-refractivity contribution in [3.05, 3.63) is 68.6 Å². The van der Waals surface area contributed by atoms with Gasteiger partial charge in [0.15, 0.2) is 10.9 Å². The SMILES string of the molecule is Cc1ccc(N=C2NC(=O)/C(=C/c3ccc(O)c([N+](=O)[O-])c3)S2)cc1. The number of carbonyl (C=O) groups is 1. The minimum atomic E-state index is -0.677. The molecular weight excluding hydrogens is 342 g/mol. The number of phenolic OH excluding ortho intramolecular Hbond substituents is 1. The molecule has 2 aromatic carbocycles. The lowest BCUT2D eigenvalue weighted by molar-refractivity contribution is -0.385. The lowest BCUT2D eigenvalue weighted by atomic mass is 10.1. The first-order valence-corrected chi connectivity index (χ1v) is 8.08. The molecular formula is C17H13N3O4S. The zero-order valence-electron chi connectivity index (χ0n) is 13.1. The van der Waals surface area contributed by atoms with E-state index in [1.165, 1.54) is 24.3 Å². The Morgan fingerprint density at radius 3 is 2.64 bits per heavy atom. The monoisotopic (exact) mass is 355 g/mol. The molecule has 0 bridgehead atoms. The molecule has 0 saturated carbocycles. The van der Waals surface area contributed by atoms with E-state index in [1.807, 2.05) is 31.2 Å². The van der Waals surface area contributed by atoms with E-state index in [2.05, 4.69) is 10.3 Å². The summed E-state index contributed by atoms with van der Waals surface area (Å²) in [6.07, 6.45) is 1.52. The minimum absolute atomic E-state index is 0.327. The number of hydrogen-bond acceptors (Lipinski definition) is 6. The van der Waals surface area contributed by atoms with E-state index in [9.17, 15) is 20.0 Å². The van der Waals surface area contributed by atoms with Crippen LogP contribution in [-0.2, 0) is 4.79 Å². The van der Waals surface area contributed by atoms with Crippen LogP contribution in [0.2, 0.25) is 0 Å². The van der Waals surface area contributed by atoms with Crippen molar-refractivity contribution in [2.24, 2.45) is 4.99 Å². The normalized spacial score (nSPS) is 17.1. The summed E-state index contributed by atoms with van der Waals surface area (Å²) in [4.78, 5) is 27.0. The molecule has 0 atom stereocenters. The number of hydrogen-bond donors (Lipinski definition) is 2. The average molecular weight is 355 g/mol. The van der Waals surface area contributed by atoms with Crippen molar-refractivity contribution in [3.8, 4) is 5.75 Å². The van der Waals surface area contributed by atoms with E-state index >= 15 is 0 Å². The highest BCUT2D eigenvalue weighted by molar-refractivity contribution is 8.18. The Balaban J connectivity index is 1.85. The number of amides is 1. The van der Waals surface area contributed by atoms with Crippen molar-refractivity contribution >= 4 is 40.3 Å². The number of amidine groups is 1. The summed E-state index contributed by atoms with van der Waals surface area (Å²) in [5.74, 6) is -0.746. The third-order valence-electron chi connectivity index (χ3n) is 3.41. The van der Waals surface area contributed by atoms with Crippen molar-refractivity contribution in [2.75, 3.05) is 0 Å². The molecule has 0 unspecified atom stereocenters. The van der Waals surface area contributed by atoms with Gasteiger partial charge >= 0.3 is 5.69 Å². The first-order valence-electron chi connectivity index (χ1n) is 7.26. The highest BCUT2D eigenvalue weighted by Crippen LogP contribution is 2.31. The average Bonchev–Trinajstić information content (AvgIpc) is 2.90. The number of nitro benzene ring substituents is 1. The van der Waals surface area contributed by atoms with E-state index in [0.29, 0.717) is 15.6 Å². The molecule has 2 N–H and O–H groups in total. The first kappa shape index (κ1) is 16.7. The highest BCUT2D eigenvalue weighted by atomic mass is 32.2. The molecule has 1 amide bonds. The molecule has 1 aliphatic rings. The Labute approximate surface area is 147 Å². The Kier molecular flexibility index (Phi) is 4.53. The number of nitrogens with one attached hydrogen (secondary N) is 1. The van der Waals surface area contributed by atoms with Crippen LogP contribution in [0.4, 0.5) is 11.4 Å². The van der Waals surface area contributed by atoms with Crippen LogP contribution >= 0.6 is 11.8 Å². The maximum Gasteiger partial charge on any atom is 0.311 e. The van der Waals surface area contributed by atoms with Gasteiger partial charge in [-0.15, -0.1) is 0 Å². The summed E-state index contributed by atoms with van der Waals surface area (Å²) in [6.45, 7) is 1.97. The van der Waals surface area contributed by atoms with Gasteiger partial charge in [0.2, 0.25) is 0 Å². The number of aliphatic imine (C=N–C) groups is 1. The number of aryl methyl sites for hydroxylation is 1. The molecule has 126 valence electrons. The summed E-state index contributed by atoms with van der Waals surface area (Å²) in [5.41, 5.74) is 1.86. The molecule has 8 heteroatoms. The van der Waals surface area contributed by atoms with Gasteiger partial charge in [-0.05, 0) is 48.5 Å². The number of phenols is 1. The van der Waals surface area contributed by atoms with E-state index in [4.69, 9.17) is 0 Å². The van der Waals surface area contributed by atoms with Crippen LogP contribution in [-0.4, -0.2) is 21.1 Å². The molecule has 1 aliphatic heterocycles. The van der Waals surface area contributed by atoms with Crippen LogP contribution in [0.3, 0.4) is 0 Å². The number of thioether (sulfide) groups is 1. The quantitative estimate of drug-likeness (QED) is 0.498. The highest BCUT2D eigenvalue weighted by Gasteiger charge is 2.24. The predicted octanol–water partition coefficient (Wildman–Crippen LogP) is 3.50. The molecule has 0 radical (unpaired) electrons. The second-order valence-corrected chi connectivity index (χ2v) is 6.35. The first-order chi connectivity index (χ1) is 11.9. The van der Waals surface area contributed by atoms with Gasteiger partial charge in [0, 0.05) is 6.07 Å². The Hall–Kier alpha value is -3.13. The van der Waals surface area contributed by atoms with E-state index in [1.54, 1.807) is 0 Å². The van der Waals surface area contributed by atoms with Crippen LogP contribution < -0.4 is 5.32 Å². The van der Waals surface area contributed by atoms with Crippen molar-refractivity contribution in [3.63, 3.8) is 0 Å². The zero-order chi connectivity index (χ0) is 18.0. The minimum Gasteiger partial charge on any atom is -0.502 e. The van der Waals surface area contributed by atoms with E-state index in [0.717, 1.165) is 23.0 Å². The van der Waals surface area contributed by atoms with Crippen LogP contribution in [0.25, 0.3) is 6.08 Å². The molecule has 25 heavy (non-hydrogen) atoms. The molecule has 0 spiro atoms. The van der Waals surface area contributed by atoms with Gasteiger partial charge < -0.3 is 10.4 Å². The van der Waals surface area contributed by atoms with Gasteiger partial charge in [-0.25, -0.2) is 4.99 Å². The van der Waals surface area contributed by atoms with Crippen molar-refractivity contribution in [1.29, 1.82) is 0 Å². The van der Waals surface area contributed by atoms with Gasteiger partial charge in [0.25, 0.3) is 5.91 Å². The van der Waals surface area contributed by atoms with Crippen LogP contribution in [0.5, 0.6) is 5.75 Å². The van der Waals surface area contributed by atoms with E-state index < -0.39 is 16.4 Å². The maximum atomic E-state index is 12.1. The molecule has 0 aromatic heterocycles. The summed E-state index contributed by atoms with van der Waals surface area (Å²) >= 11 is 1.15. The van der Waals surface area contributed by atoms with Crippen LogP contribution in [0.1, 0.15) is 11.1 Å². The second kappa shape index (κ2) is 6.78. The molecule has 1 heterocycles. The number of aromatic hydroxyl groups is 1. The van der Waals surface area contributed by atoms with Gasteiger partial charge in [0.1, 0.15) is 0 Å². The summed E-state index contributed by atoms with van der Waals surface area (Å²) in [7, 11) is 0. The number of carbonyl (C=O) groups excluding carboxylic acids is 1. The lowest BCUT2D eigenvalue weighted by Crippen LogP contribution is -2.19. The van der Waals surface area contributed by atoms with E-state index in [-0.39, 0.29) is 5.91 Å². The Morgan fingerprint density at radius 1 is 1.24 bits per heavy atom.